The van der Waals surface area contributed by atoms with Crippen LogP contribution in [-0.2, 0) is 5.41 Å². The summed E-state index contributed by atoms with van der Waals surface area (Å²) in [6.45, 7) is 0. The Morgan fingerprint density at radius 3 is 1.16 bits per heavy atom. The second-order valence-electron chi connectivity index (χ2n) is 18.9. The van der Waals surface area contributed by atoms with Crippen molar-refractivity contribution in [3.8, 4) is 44.5 Å². The van der Waals surface area contributed by atoms with Crippen LogP contribution in [-0.4, -0.2) is 47.1 Å². The number of benzene rings is 10. The molecule has 0 unspecified atom stereocenters. The minimum Gasteiger partial charge on any atom is -0.455 e. The van der Waals surface area contributed by atoms with Gasteiger partial charge in [0.1, 0.15) is 58.2 Å². The summed E-state index contributed by atoms with van der Waals surface area (Å²) in [6, 6.07) is 77.5. The van der Waals surface area contributed by atoms with Gasteiger partial charge in [-0.2, -0.15) is 0 Å². The Morgan fingerprint density at radius 1 is 0.304 bits per heavy atom. The number of nitrogens with zero attached hydrogens (tertiary/aromatic N) is 1. The SMILES string of the molecule is Bc1c(B)c(B)c2c(oc3c(-c4ccc(C5(c6ccccc6)c6ccccc6-c6ccccc65)cc4)c(B)c(B)c(B)c32)c1-c1ccc(N(c2ccccc2)c2ccc(-c3ccccc3)cc2)cc1. The van der Waals surface area contributed by atoms with Gasteiger partial charge in [-0.15, -0.1) is 0 Å². The third-order valence-corrected chi connectivity index (χ3v) is 15.5. The lowest BCUT2D eigenvalue weighted by atomic mass is 9.65. The summed E-state index contributed by atoms with van der Waals surface area (Å²) in [5.74, 6) is 0. The molecule has 0 saturated carbocycles. The molecule has 2 nitrogen and oxygen atoms in total. The summed E-state index contributed by atoms with van der Waals surface area (Å²) in [7, 11) is 13.6. The zero-order valence-corrected chi connectivity index (χ0v) is 40.1. The summed E-state index contributed by atoms with van der Waals surface area (Å²) in [4.78, 5) is 2.33. The number of furan rings is 1. The molecular weight excluding hydrogens is 828 g/mol. The Kier molecular flexibility index (Phi) is 10.3. The maximum absolute atomic E-state index is 7.42. The first-order valence-electron chi connectivity index (χ1n) is 24.2. The van der Waals surface area contributed by atoms with Gasteiger partial charge < -0.3 is 9.32 Å². The molecule has 11 aromatic rings. The normalized spacial score (nSPS) is 12.5. The van der Waals surface area contributed by atoms with Crippen molar-refractivity contribution in [1.29, 1.82) is 0 Å². The predicted octanol–water partition coefficient (Wildman–Crippen LogP) is 5.97. The molecule has 0 amide bonds. The fraction of sp³-hybridized carbons (Fsp3) is 0.0164. The molecule has 0 spiro atoms. The van der Waals surface area contributed by atoms with Crippen molar-refractivity contribution < 1.29 is 4.42 Å². The lowest BCUT2D eigenvalue weighted by Crippen LogP contribution is -2.42. The van der Waals surface area contributed by atoms with E-state index in [1.165, 1.54) is 88.1 Å². The molecule has 0 saturated heterocycles. The Balaban J connectivity index is 0.999. The summed E-state index contributed by atoms with van der Waals surface area (Å²) in [5, 5.41) is 2.41. The fourth-order valence-electron chi connectivity index (χ4n) is 11.7. The van der Waals surface area contributed by atoms with Crippen LogP contribution in [0, 0.1) is 0 Å². The lowest BCUT2D eigenvalue weighted by Gasteiger charge is -2.34. The molecule has 12 rings (SSSR count). The van der Waals surface area contributed by atoms with Gasteiger partial charge in [0.25, 0.3) is 0 Å². The predicted molar refractivity (Wildman–Crippen MR) is 311 cm³/mol. The molecule has 0 N–H and O–H groups in total. The number of rotatable bonds is 8. The molecular formula is C61H47B6NO. The Morgan fingerprint density at radius 2 is 0.667 bits per heavy atom. The zero-order valence-electron chi connectivity index (χ0n) is 40.1. The molecule has 0 atom stereocenters. The van der Waals surface area contributed by atoms with E-state index >= 15 is 0 Å². The highest BCUT2D eigenvalue weighted by Crippen LogP contribution is 2.56. The molecule has 69 heavy (non-hydrogen) atoms. The number of fused-ring (bicyclic) bond motifs is 6. The highest BCUT2D eigenvalue weighted by atomic mass is 16.3. The summed E-state index contributed by atoms with van der Waals surface area (Å²) < 4.78 is 7.42. The fourth-order valence-corrected chi connectivity index (χ4v) is 11.7. The van der Waals surface area contributed by atoms with E-state index < -0.39 is 5.41 Å². The molecule has 1 aliphatic carbocycles. The van der Waals surface area contributed by atoms with Gasteiger partial charge >= 0.3 is 0 Å². The topological polar surface area (TPSA) is 16.4 Å². The quantitative estimate of drug-likeness (QED) is 0.175. The van der Waals surface area contributed by atoms with Crippen LogP contribution in [0.1, 0.15) is 22.3 Å². The van der Waals surface area contributed by atoms with Gasteiger partial charge in [0.05, 0.1) is 5.41 Å². The molecule has 1 heterocycles. The Labute approximate surface area is 410 Å². The van der Waals surface area contributed by atoms with Crippen LogP contribution in [0.5, 0.6) is 0 Å². The number of hydrogen-bond acceptors (Lipinski definition) is 2. The van der Waals surface area contributed by atoms with Crippen molar-refractivity contribution in [2.45, 2.75) is 5.41 Å². The largest absolute Gasteiger partial charge is 0.455 e. The Bertz CT molecular complexity index is 3720. The molecule has 0 bridgehead atoms. The highest BCUT2D eigenvalue weighted by molar-refractivity contribution is 6.66. The van der Waals surface area contributed by atoms with Crippen molar-refractivity contribution in [1.82, 2.24) is 0 Å². The first kappa shape index (κ1) is 42.5. The van der Waals surface area contributed by atoms with Gasteiger partial charge in [0.15, 0.2) is 0 Å². The van der Waals surface area contributed by atoms with Crippen molar-refractivity contribution in [3.63, 3.8) is 0 Å². The van der Waals surface area contributed by atoms with Gasteiger partial charge in [0.2, 0.25) is 0 Å². The molecule has 0 fully saturated rings. The van der Waals surface area contributed by atoms with Crippen LogP contribution < -0.4 is 37.7 Å². The molecule has 0 radical (unpaired) electrons. The maximum Gasteiger partial charge on any atom is 0.142 e. The molecule has 1 aliphatic rings. The van der Waals surface area contributed by atoms with E-state index in [2.05, 4.69) is 264 Å². The van der Waals surface area contributed by atoms with E-state index in [0.717, 1.165) is 50.5 Å². The second-order valence-corrected chi connectivity index (χ2v) is 18.9. The van der Waals surface area contributed by atoms with E-state index in [-0.39, 0.29) is 0 Å². The van der Waals surface area contributed by atoms with Gasteiger partial charge in [-0.05, 0) is 92.0 Å². The van der Waals surface area contributed by atoms with Crippen LogP contribution in [0.15, 0.2) is 217 Å². The van der Waals surface area contributed by atoms with Crippen LogP contribution >= 0.6 is 0 Å². The maximum atomic E-state index is 7.42. The summed E-state index contributed by atoms with van der Waals surface area (Å²) >= 11 is 0. The van der Waals surface area contributed by atoms with E-state index in [1.807, 2.05) is 0 Å². The van der Waals surface area contributed by atoms with Crippen LogP contribution in [0.4, 0.5) is 17.1 Å². The molecule has 8 heteroatoms. The zero-order chi connectivity index (χ0) is 47.0. The monoisotopic (exact) mass is 875 g/mol. The van der Waals surface area contributed by atoms with E-state index in [1.54, 1.807) is 0 Å². The van der Waals surface area contributed by atoms with E-state index in [9.17, 15) is 0 Å². The van der Waals surface area contributed by atoms with Crippen molar-refractivity contribution in [3.05, 3.63) is 235 Å². The average molecular weight is 875 g/mol. The molecule has 0 aliphatic heterocycles. The number of para-hydroxylation sites is 1. The average Bonchev–Trinajstić information content (AvgIpc) is 3.94. The minimum atomic E-state index is -0.457. The van der Waals surface area contributed by atoms with Gasteiger partial charge in [0, 0.05) is 39.0 Å². The second kappa shape index (κ2) is 16.8. The summed E-state index contributed by atoms with van der Waals surface area (Å²) in [5.41, 5.74) is 27.1. The van der Waals surface area contributed by atoms with Crippen LogP contribution in [0.2, 0.25) is 0 Å². The minimum absolute atomic E-state index is 0.457. The van der Waals surface area contributed by atoms with Crippen molar-refractivity contribution >= 4 is 119 Å². The van der Waals surface area contributed by atoms with Crippen LogP contribution in [0.3, 0.4) is 0 Å². The third kappa shape index (κ3) is 6.57. The van der Waals surface area contributed by atoms with Crippen LogP contribution in [0.25, 0.3) is 66.4 Å². The van der Waals surface area contributed by atoms with Gasteiger partial charge in [-0.1, -0.05) is 209 Å². The van der Waals surface area contributed by atoms with Crippen molar-refractivity contribution in [2.24, 2.45) is 0 Å². The highest BCUT2D eigenvalue weighted by Gasteiger charge is 2.45. The first-order chi connectivity index (χ1) is 33.8. The van der Waals surface area contributed by atoms with E-state index in [4.69, 9.17) is 4.42 Å². The smallest absolute Gasteiger partial charge is 0.142 e. The van der Waals surface area contributed by atoms with Crippen molar-refractivity contribution in [2.75, 3.05) is 4.90 Å². The molecule has 10 aromatic carbocycles. The standard InChI is InChI=1S/C61H47B6NO/c62-53-49(38-24-30-41(31-25-38)61(40-16-6-2-7-17-40)47-22-12-10-20-45(47)46-21-11-13-23-48(46)61)59-51(55(64)57(53)66)52-56(65)58(67)54(63)50(60(52)69-59)39-28-34-44(35-29-39)68(42-18-8-3-9-19-42)43-32-26-37(27-33-43)36-14-4-1-5-15-36/h1-35H,62-67H2. The lowest BCUT2D eigenvalue weighted by molar-refractivity contribution is 0.672. The number of hydrogen-bond donors (Lipinski definition) is 0. The number of anilines is 3. The first-order valence-corrected chi connectivity index (χ1v) is 24.2. The molecule has 1 aromatic heterocycles. The molecule has 320 valence electrons. The van der Waals surface area contributed by atoms with Gasteiger partial charge in [-0.3, -0.25) is 0 Å². The van der Waals surface area contributed by atoms with Gasteiger partial charge in [-0.25, -0.2) is 0 Å². The summed E-state index contributed by atoms with van der Waals surface area (Å²) in [6.07, 6.45) is 0. The Hall–Kier alpha value is -7.81. The third-order valence-electron chi connectivity index (χ3n) is 15.5. The van der Waals surface area contributed by atoms with E-state index in [0.29, 0.717) is 0 Å².